The average Bonchev–Trinajstić information content (AvgIpc) is 3.01. The Balaban J connectivity index is 1.63. The molecule has 2 aromatic rings. The van der Waals surface area contributed by atoms with Gasteiger partial charge in [0.1, 0.15) is 5.75 Å². The van der Waals surface area contributed by atoms with Crippen LogP contribution in [0.5, 0.6) is 5.75 Å². The molecule has 1 aliphatic heterocycles. The number of carbonyl (C=O) groups excluding carboxylic acids is 1. The summed E-state index contributed by atoms with van der Waals surface area (Å²) in [7, 11) is 1.29. The van der Waals surface area contributed by atoms with E-state index < -0.39 is 12.6 Å². The zero-order chi connectivity index (χ0) is 19.4. The highest BCUT2D eigenvalue weighted by atomic mass is 35.5. The summed E-state index contributed by atoms with van der Waals surface area (Å²) < 4.78 is 33.6. The first kappa shape index (κ1) is 19.6. The number of nitrogens with one attached hydrogen (secondary N) is 1. The van der Waals surface area contributed by atoms with Gasteiger partial charge in [0.2, 0.25) is 0 Å². The van der Waals surface area contributed by atoms with E-state index in [4.69, 9.17) is 11.6 Å². The summed E-state index contributed by atoms with van der Waals surface area (Å²) in [5.41, 5.74) is 0.926. The molecule has 1 aliphatic rings. The molecule has 1 fully saturated rings. The van der Waals surface area contributed by atoms with Gasteiger partial charge in [-0.25, -0.2) is 9.78 Å². The van der Waals surface area contributed by atoms with E-state index in [2.05, 4.69) is 24.7 Å². The lowest BCUT2D eigenvalue weighted by molar-refractivity contribution is -0.0498. The van der Waals surface area contributed by atoms with Gasteiger partial charge in [-0.15, -0.1) is 0 Å². The molecule has 0 saturated carbocycles. The Morgan fingerprint density at radius 2 is 2.15 bits per heavy atom. The number of benzene rings is 1. The standard InChI is InChI=1S/C17H18ClF2N3O3S/c1-25-15(24)13-14(18)22-17(27-13)21-10-3-2-8-23(9-10)11-4-6-12(7-5-11)26-16(19)20/h4-7,10,16H,2-3,8-9H2,1H3,(H,21,22). The van der Waals surface area contributed by atoms with Crippen LogP contribution in [0.25, 0.3) is 0 Å². The zero-order valence-electron chi connectivity index (χ0n) is 14.5. The Bertz CT molecular complexity index is 788. The topological polar surface area (TPSA) is 63.7 Å². The molecule has 3 rings (SSSR count). The van der Waals surface area contributed by atoms with Crippen LogP contribution in [0.15, 0.2) is 24.3 Å². The van der Waals surface area contributed by atoms with Crippen molar-refractivity contribution in [2.45, 2.75) is 25.5 Å². The van der Waals surface area contributed by atoms with Gasteiger partial charge in [0.05, 0.1) is 7.11 Å². The number of thiazole rings is 1. The van der Waals surface area contributed by atoms with Crippen molar-refractivity contribution in [2.75, 3.05) is 30.4 Å². The summed E-state index contributed by atoms with van der Waals surface area (Å²) in [6.07, 6.45) is 1.89. The fourth-order valence-electron chi connectivity index (χ4n) is 2.92. The Kier molecular flexibility index (Phi) is 6.33. The molecule has 2 heterocycles. The van der Waals surface area contributed by atoms with E-state index >= 15 is 0 Å². The summed E-state index contributed by atoms with van der Waals surface area (Å²) in [4.78, 5) is 18.2. The Morgan fingerprint density at radius 3 is 2.81 bits per heavy atom. The number of ether oxygens (including phenoxy) is 2. The molecule has 10 heteroatoms. The van der Waals surface area contributed by atoms with Crippen molar-refractivity contribution in [3.8, 4) is 5.75 Å². The second kappa shape index (κ2) is 8.71. The molecule has 0 amide bonds. The first-order chi connectivity index (χ1) is 13.0. The SMILES string of the molecule is COC(=O)c1sc(NC2CCCN(c3ccc(OC(F)F)cc3)C2)nc1Cl. The van der Waals surface area contributed by atoms with E-state index in [9.17, 15) is 13.6 Å². The maximum Gasteiger partial charge on any atom is 0.387 e. The first-order valence-corrected chi connectivity index (χ1v) is 9.46. The predicted molar refractivity (Wildman–Crippen MR) is 100 cm³/mol. The van der Waals surface area contributed by atoms with E-state index in [-0.39, 0.29) is 21.8 Å². The molecule has 1 unspecified atom stereocenters. The van der Waals surface area contributed by atoms with Gasteiger partial charge >= 0.3 is 12.6 Å². The number of nitrogens with zero attached hydrogens (tertiary/aromatic N) is 2. The third kappa shape index (κ3) is 4.98. The summed E-state index contributed by atoms with van der Waals surface area (Å²) in [6, 6.07) is 6.69. The minimum Gasteiger partial charge on any atom is -0.465 e. The number of hydrogen-bond donors (Lipinski definition) is 1. The highest BCUT2D eigenvalue weighted by Crippen LogP contribution is 2.30. The van der Waals surface area contributed by atoms with E-state index in [1.54, 1.807) is 12.1 Å². The van der Waals surface area contributed by atoms with Crippen molar-refractivity contribution in [1.82, 2.24) is 4.98 Å². The fraction of sp³-hybridized carbons (Fsp3) is 0.412. The van der Waals surface area contributed by atoms with Crippen molar-refractivity contribution in [2.24, 2.45) is 0 Å². The van der Waals surface area contributed by atoms with Crippen molar-refractivity contribution in [3.63, 3.8) is 0 Å². The predicted octanol–water partition coefficient (Wildman–Crippen LogP) is 4.27. The molecular formula is C17H18ClF2N3O3S. The van der Waals surface area contributed by atoms with Crippen LogP contribution in [0.4, 0.5) is 19.6 Å². The van der Waals surface area contributed by atoms with Crippen LogP contribution in [0.2, 0.25) is 5.15 Å². The first-order valence-electron chi connectivity index (χ1n) is 8.27. The van der Waals surface area contributed by atoms with Gasteiger partial charge < -0.3 is 19.7 Å². The molecule has 6 nitrogen and oxygen atoms in total. The van der Waals surface area contributed by atoms with Crippen molar-refractivity contribution in [3.05, 3.63) is 34.3 Å². The van der Waals surface area contributed by atoms with E-state index in [1.807, 2.05) is 0 Å². The van der Waals surface area contributed by atoms with Crippen molar-refractivity contribution >= 4 is 39.7 Å². The molecule has 0 bridgehead atoms. The number of aromatic nitrogens is 1. The maximum atomic E-state index is 12.3. The summed E-state index contributed by atoms with van der Waals surface area (Å²) in [5.74, 6) is -0.380. The van der Waals surface area contributed by atoms with Crippen LogP contribution in [0.1, 0.15) is 22.5 Å². The second-order valence-electron chi connectivity index (χ2n) is 5.93. The number of anilines is 2. The van der Waals surface area contributed by atoms with Crippen LogP contribution in [-0.2, 0) is 4.74 Å². The van der Waals surface area contributed by atoms with E-state index in [0.29, 0.717) is 11.7 Å². The van der Waals surface area contributed by atoms with Crippen molar-refractivity contribution < 1.29 is 23.0 Å². The second-order valence-corrected chi connectivity index (χ2v) is 7.29. The molecule has 1 aromatic carbocycles. The highest BCUT2D eigenvalue weighted by molar-refractivity contribution is 7.18. The maximum absolute atomic E-state index is 12.3. The number of methoxy groups -OCH3 is 1. The largest absolute Gasteiger partial charge is 0.465 e. The van der Waals surface area contributed by atoms with Gasteiger partial charge in [-0.3, -0.25) is 0 Å². The number of halogens is 3. The number of esters is 1. The van der Waals surface area contributed by atoms with Crippen LogP contribution in [0, 0.1) is 0 Å². The number of hydrogen-bond acceptors (Lipinski definition) is 7. The molecule has 1 N–H and O–H groups in total. The van der Waals surface area contributed by atoms with Gasteiger partial charge in [0.25, 0.3) is 0 Å². The Hall–Kier alpha value is -2.13. The number of carbonyl (C=O) groups is 1. The molecule has 27 heavy (non-hydrogen) atoms. The smallest absolute Gasteiger partial charge is 0.387 e. The zero-order valence-corrected chi connectivity index (χ0v) is 16.0. The van der Waals surface area contributed by atoms with Gasteiger partial charge in [-0.05, 0) is 37.1 Å². The number of alkyl halides is 2. The molecule has 1 saturated heterocycles. The van der Waals surface area contributed by atoms with Crippen LogP contribution < -0.4 is 15.0 Å². The summed E-state index contributed by atoms with van der Waals surface area (Å²) in [6.45, 7) is -1.27. The minimum absolute atomic E-state index is 0.114. The molecule has 1 atom stereocenters. The average molecular weight is 418 g/mol. The van der Waals surface area contributed by atoms with Gasteiger partial charge in [-0.1, -0.05) is 22.9 Å². The minimum atomic E-state index is -2.83. The Labute approximate surface area is 164 Å². The normalized spacial score (nSPS) is 17.1. The summed E-state index contributed by atoms with van der Waals surface area (Å²) >= 11 is 7.15. The highest BCUT2D eigenvalue weighted by Gasteiger charge is 2.23. The quantitative estimate of drug-likeness (QED) is 0.708. The van der Waals surface area contributed by atoms with E-state index in [1.165, 1.54) is 19.2 Å². The monoisotopic (exact) mass is 417 g/mol. The van der Waals surface area contributed by atoms with E-state index in [0.717, 1.165) is 36.4 Å². The summed E-state index contributed by atoms with van der Waals surface area (Å²) in [5, 5.41) is 3.99. The third-order valence-electron chi connectivity index (χ3n) is 4.13. The lowest BCUT2D eigenvalue weighted by atomic mass is 10.1. The molecule has 0 spiro atoms. The molecule has 146 valence electrons. The van der Waals surface area contributed by atoms with Crippen LogP contribution in [-0.4, -0.2) is 43.8 Å². The Morgan fingerprint density at radius 1 is 1.41 bits per heavy atom. The molecule has 0 radical (unpaired) electrons. The third-order valence-corrected chi connectivity index (χ3v) is 5.48. The molecule has 1 aromatic heterocycles. The van der Waals surface area contributed by atoms with Gasteiger partial charge in [-0.2, -0.15) is 8.78 Å². The molecule has 0 aliphatic carbocycles. The van der Waals surface area contributed by atoms with Crippen LogP contribution in [0.3, 0.4) is 0 Å². The number of rotatable bonds is 6. The van der Waals surface area contributed by atoms with Gasteiger partial charge in [0.15, 0.2) is 15.2 Å². The van der Waals surface area contributed by atoms with Crippen molar-refractivity contribution in [1.29, 1.82) is 0 Å². The lowest BCUT2D eigenvalue weighted by Crippen LogP contribution is -2.42. The number of piperidine rings is 1. The van der Waals surface area contributed by atoms with Crippen LogP contribution >= 0.6 is 22.9 Å². The molecular weight excluding hydrogens is 400 g/mol. The fourth-order valence-corrected chi connectivity index (χ4v) is 4.10. The van der Waals surface area contributed by atoms with Gasteiger partial charge in [0, 0.05) is 24.8 Å². The lowest BCUT2D eigenvalue weighted by Gasteiger charge is -2.34.